The van der Waals surface area contributed by atoms with E-state index in [1.807, 2.05) is 10.9 Å². The summed E-state index contributed by atoms with van der Waals surface area (Å²) in [4.78, 5) is 0. The molecular formula is C14H27N3O2. The highest BCUT2D eigenvalue weighted by molar-refractivity contribution is 5.12. The van der Waals surface area contributed by atoms with Gasteiger partial charge >= 0.3 is 0 Å². The van der Waals surface area contributed by atoms with Gasteiger partial charge in [-0.15, -0.1) is 0 Å². The predicted molar refractivity (Wildman–Crippen MR) is 76.5 cm³/mol. The first-order valence-corrected chi connectivity index (χ1v) is 7.04. The second-order valence-corrected chi connectivity index (χ2v) is 5.19. The molecule has 5 heteroatoms. The van der Waals surface area contributed by atoms with E-state index in [2.05, 4.69) is 31.2 Å². The lowest BCUT2D eigenvalue weighted by atomic mass is 10.2. The number of nitrogens with zero attached hydrogens (tertiary/aromatic N) is 2. The van der Waals surface area contributed by atoms with E-state index in [4.69, 9.17) is 9.47 Å². The average Bonchev–Trinajstić information content (AvgIpc) is 2.77. The summed E-state index contributed by atoms with van der Waals surface area (Å²) in [7, 11) is 1.69. The smallest absolute Gasteiger partial charge is 0.157 e. The first-order valence-electron chi connectivity index (χ1n) is 7.04. The minimum atomic E-state index is 0.0167. The van der Waals surface area contributed by atoms with Crippen molar-refractivity contribution in [2.24, 2.45) is 5.92 Å². The molecule has 0 spiro atoms. The van der Waals surface area contributed by atoms with Crippen LogP contribution in [0.3, 0.4) is 0 Å². The molecule has 1 aromatic heterocycles. The van der Waals surface area contributed by atoms with Crippen LogP contribution in [0.25, 0.3) is 0 Å². The van der Waals surface area contributed by atoms with E-state index in [0.717, 1.165) is 31.8 Å². The molecule has 0 aliphatic carbocycles. The fourth-order valence-corrected chi connectivity index (χ4v) is 1.80. The maximum absolute atomic E-state index is 5.89. The largest absolute Gasteiger partial charge is 0.483 e. The third kappa shape index (κ3) is 6.59. The molecule has 1 N–H and O–H groups in total. The molecule has 0 saturated heterocycles. The minimum absolute atomic E-state index is 0.0167. The van der Waals surface area contributed by atoms with Crippen LogP contribution in [0.4, 0.5) is 0 Å². The Morgan fingerprint density at radius 3 is 2.79 bits per heavy atom. The molecule has 0 aliphatic heterocycles. The van der Waals surface area contributed by atoms with Gasteiger partial charge in [0, 0.05) is 20.2 Å². The lowest BCUT2D eigenvalue weighted by Crippen LogP contribution is -2.36. The van der Waals surface area contributed by atoms with Crippen LogP contribution in [0.1, 0.15) is 27.2 Å². The van der Waals surface area contributed by atoms with Crippen LogP contribution < -0.4 is 10.1 Å². The van der Waals surface area contributed by atoms with Gasteiger partial charge in [-0.25, -0.2) is 0 Å². The number of methoxy groups -OCH3 is 1. The Labute approximate surface area is 116 Å². The minimum Gasteiger partial charge on any atom is -0.483 e. The first kappa shape index (κ1) is 16.0. The number of aromatic nitrogens is 2. The van der Waals surface area contributed by atoms with E-state index in [-0.39, 0.29) is 6.10 Å². The topological polar surface area (TPSA) is 48.3 Å². The SMILES string of the molecule is CCCn1cc(OC(CNCC(C)C)COC)cn1. The highest BCUT2D eigenvalue weighted by Crippen LogP contribution is 2.11. The van der Waals surface area contributed by atoms with Crippen LogP contribution in [-0.2, 0) is 11.3 Å². The van der Waals surface area contributed by atoms with Gasteiger partial charge in [0.1, 0.15) is 6.10 Å². The van der Waals surface area contributed by atoms with Gasteiger partial charge in [0.25, 0.3) is 0 Å². The van der Waals surface area contributed by atoms with Crippen LogP contribution >= 0.6 is 0 Å². The van der Waals surface area contributed by atoms with Crippen molar-refractivity contribution in [1.82, 2.24) is 15.1 Å². The standard InChI is InChI=1S/C14H27N3O2/c1-5-6-17-10-13(9-16-17)19-14(11-18-4)8-15-7-12(2)3/h9-10,12,14-15H,5-8,11H2,1-4H3. The summed E-state index contributed by atoms with van der Waals surface area (Å²) in [5, 5.41) is 7.65. The van der Waals surface area contributed by atoms with Gasteiger partial charge in [0.2, 0.25) is 0 Å². The molecule has 0 radical (unpaired) electrons. The summed E-state index contributed by atoms with van der Waals surface area (Å²) in [5.74, 6) is 1.44. The van der Waals surface area contributed by atoms with Crippen molar-refractivity contribution < 1.29 is 9.47 Å². The van der Waals surface area contributed by atoms with Crippen molar-refractivity contribution in [3.63, 3.8) is 0 Å². The molecule has 1 heterocycles. The Kier molecular flexibility index (Phi) is 7.52. The first-order chi connectivity index (χ1) is 9.15. The fraction of sp³-hybridized carbons (Fsp3) is 0.786. The molecule has 0 aliphatic rings. The molecule has 19 heavy (non-hydrogen) atoms. The van der Waals surface area contributed by atoms with Crippen LogP contribution in [-0.4, -0.2) is 42.7 Å². The van der Waals surface area contributed by atoms with Crippen molar-refractivity contribution in [2.45, 2.75) is 39.8 Å². The average molecular weight is 269 g/mol. The molecule has 110 valence electrons. The van der Waals surface area contributed by atoms with Crippen LogP contribution in [0.15, 0.2) is 12.4 Å². The Morgan fingerprint density at radius 1 is 1.37 bits per heavy atom. The van der Waals surface area contributed by atoms with Gasteiger partial charge in [-0.2, -0.15) is 5.10 Å². The Balaban J connectivity index is 2.42. The monoisotopic (exact) mass is 269 g/mol. The van der Waals surface area contributed by atoms with Gasteiger partial charge < -0.3 is 14.8 Å². The lowest BCUT2D eigenvalue weighted by molar-refractivity contribution is 0.0801. The summed E-state index contributed by atoms with van der Waals surface area (Å²) >= 11 is 0. The molecule has 1 atom stereocenters. The molecular weight excluding hydrogens is 242 g/mol. The third-order valence-corrected chi connectivity index (χ3v) is 2.64. The number of hydrogen-bond donors (Lipinski definition) is 1. The molecule has 5 nitrogen and oxygen atoms in total. The normalized spacial score (nSPS) is 12.9. The van der Waals surface area contributed by atoms with Gasteiger partial charge in [-0.05, 0) is 18.9 Å². The number of rotatable bonds is 10. The summed E-state index contributed by atoms with van der Waals surface area (Å²) in [5.41, 5.74) is 0. The quantitative estimate of drug-likeness (QED) is 0.705. The summed E-state index contributed by atoms with van der Waals surface area (Å²) in [6, 6.07) is 0. The van der Waals surface area contributed by atoms with E-state index in [1.165, 1.54) is 0 Å². The van der Waals surface area contributed by atoms with Gasteiger partial charge in [-0.3, -0.25) is 4.68 Å². The van der Waals surface area contributed by atoms with Crippen LogP contribution in [0.5, 0.6) is 5.75 Å². The van der Waals surface area contributed by atoms with Gasteiger partial charge in [-0.1, -0.05) is 20.8 Å². The van der Waals surface area contributed by atoms with Crippen molar-refractivity contribution in [1.29, 1.82) is 0 Å². The van der Waals surface area contributed by atoms with Crippen LogP contribution in [0.2, 0.25) is 0 Å². The van der Waals surface area contributed by atoms with E-state index in [0.29, 0.717) is 12.5 Å². The van der Waals surface area contributed by atoms with Crippen LogP contribution in [0, 0.1) is 5.92 Å². The number of aryl methyl sites for hydroxylation is 1. The second-order valence-electron chi connectivity index (χ2n) is 5.19. The highest BCUT2D eigenvalue weighted by Gasteiger charge is 2.11. The van der Waals surface area contributed by atoms with E-state index < -0.39 is 0 Å². The maximum Gasteiger partial charge on any atom is 0.157 e. The molecule has 0 amide bonds. The lowest BCUT2D eigenvalue weighted by Gasteiger charge is -2.18. The number of ether oxygens (including phenoxy) is 2. The summed E-state index contributed by atoms with van der Waals surface area (Å²) in [6.45, 7) is 9.77. The highest BCUT2D eigenvalue weighted by atomic mass is 16.5. The van der Waals surface area contributed by atoms with Crippen molar-refractivity contribution in [3.05, 3.63) is 12.4 Å². The Bertz CT molecular complexity index is 339. The van der Waals surface area contributed by atoms with E-state index in [9.17, 15) is 0 Å². The molecule has 0 bridgehead atoms. The molecule has 1 rings (SSSR count). The molecule has 0 fully saturated rings. The van der Waals surface area contributed by atoms with Gasteiger partial charge in [0.15, 0.2) is 5.75 Å². The van der Waals surface area contributed by atoms with Crippen molar-refractivity contribution >= 4 is 0 Å². The molecule has 0 saturated carbocycles. The van der Waals surface area contributed by atoms with Crippen molar-refractivity contribution in [3.8, 4) is 5.75 Å². The van der Waals surface area contributed by atoms with Gasteiger partial charge in [0.05, 0.1) is 19.0 Å². The Hall–Kier alpha value is -1.07. The molecule has 1 unspecified atom stereocenters. The molecule has 1 aromatic rings. The number of nitrogens with one attached hydrogen (secondary N) is 1. The number of hydrogen-bond acceptors (Lipinski definition) is 4. The zero-order valence-electron chi connectivity index (χ0n) is 12.6. The third-order valence-electron chi connectivity index (χ3n) is 2.64. The summed E-state index contributed by atoms with van der Waals surface area (Å²) in [6.07, 6.45) is 4.79. The fourth-order valence-electron chi connectivity index (χ4n) is 1.80. The predicted octanol–water partition coefficient (Wildman–Crippen LogP) is 1.93. The summed E-state index contributed by atoms with van der Waals surface area (Å²) < 4.78 is 13.0. The molecule has 0 aromatic carbocycles. The van der Waals surface area contributed by atoms with E-state index >= 15 is 0 Å². The van der Waals surface area contributed by atoms with E-state index in [1.54, 1.807) is 13.3 Å². The zero-order valence-corrected chi connectivity index (χ0v) is 12.6. The maximum atomic E-state index is 5.89. The van der Waals surface area contributed by atoms with Crippen molar-refractivity contribution in [2.75, 3.05) is 26.8 Å². The second kappa shape index (κ2) is 8.93. The zero-order chi connectivity index (χ0) is 14.1. The Morgan fingerprint density at radius 2 is 2.16 bits per heavy atom.